The molecule has 10 heteroatoms. The van der Waals surface area contributed by atoms with Gasteiger partial charge in [0, 0.05) is 13.1 Å². The second-order valence-corrected chi connectivity index (χ2v) is 9.84. The van der Waals surface area contributed by atoms with Crippen LogP contribution in [0.3, 0.4) is 0 Å². The zero-order valence-corrected chi connectivity index (χ0v) is 19.0. The lowest BCUT2D eigenvalue weighted by Crippen LogP contribution is -2.30. The molecule has 2 aromatic heterocycles. The van der Waals surface area contributed by atoms with Gasteiger partial charge in [0.25, 0.3) is 5.91 Å². The fourth-order valence-corrected chi connectivity index (χ4v) is 5.64. The number of aromatic nitrogens is 1. The maximum absolute atomic E-state index is 12.8. The third-order valence-corrected chi connectivity index (χ3v) is 7.99. The monoisotopic (exact) mass is 471 g/mol. The van der Waals surface area contributed by atoms with Crippen LogP contribution < -0.4 is 5.32 Å². The number of amides is 1. The van der Waals surface area contributed by atoms with Crippen molar-refractivity contribution in [3.8, 4) is 16.5 Å². The Morgan fingerprint density at radius 2 is 1.88 bits per heavy atom. The Morgan fingerprint density at radius 3 is 2.59 bits per heavy atom. The number of phenolic OH excluding ortho intramolecular Hbond substituents is 1. The van der Waals surface area contributed by atoms with Crippen LogP contribution in [0.5, 0.6) is 5.75 Å². The number of rotatable bonds is 7. The van der Waals surface area contributed by atoms with Crippen LogP contribution in [-0.2, 0) is 10.0 Å². The molecule has 1 amide bonds. The van der Waals surface area contributed by atoms with Crippen LogP contribution in [-0.4, -0.2) is 41.8 Å². The van der Waals surface area contributed by atoms with Gasteiger partial charge in [-0.25, -0.2) is 13.4 Å². The SMILES string of the molecule is CCN(CC)S(=O)(=O)c1ccc(O)c(NC(=O)c2ccc(-c3nc4ccccc4s3)o2)c1. The van der Waals surface area contributed by atoms with Crippen molar-refractivity contribution in [3.63, 3.8) is 0 Å². The predicted octanol–water partition coefficient (Wildman–Crippen LogP) is 4.54. The molecule has 0 aliphatic carbocycles. The summed E-state index contributed by atoms with van der Waals surface area (Å²) in [5.74, 6) is -0.422. The van der Waals surface area contributed by atoms with Gasteiger partial charge in [0.15, 0.2) is 16.5 Å². The fraction of sp³-hybridized carbons (Fsp3) is 0.182. The first-order valence-electron chi connectivity index (χ1n) is 9.93. The Bertz CT molecular complexity index is 1350. The summed E-state index contributed by atoms with van der Waals surface area (Å²) in [5, 5.41) is 13.3. The van der Waals surface area contributed by atoms with Crippen molar-refractivity contribution in [2.75, 3.05) is 18.4 Å². The number of nitrogens with one attached hydrogen (secondary N) is 1. The van der Waals surface area contributed by atoms with Gasteiger partial charge in [-0.3, -0.25) is 4.79 Å². The largest absolute Gasteiger partial charge is 0.506 e. The number of aromatic hydroxyl groups is 1. The highest BCUT2D eigenvalue weighted by molar-refractivity contribution is 7.89. The Labute approximate surface area is 189 Å². The van der Waals surface area contributed by atoms with E-state index in [4.69, 9.17) is 4.42 Å². The number of carbonyl (C=O) groups excluding carboxylic acids is 1. The van der Waals surface area contributed by atoms with E-state index in [1.165, 1.54) is 39.9 Å². The molecule has 0 radical (unpaired) electrons. The summed E-state index contributed by atoms with van der Waals surface area (Å²) in [6.07, 6.45) is 0. The molecule has 0 saturated carbocycles. The molecule has 0 unspecified atom stereocenters. The normalized spacial score (nSPS) is 11.8. The molecule has 166 valence electrons. The number of hydrogen-bond acceptors (Lipinski definition) is 7. The van der Waals surface area contributed by atoms with Crippen LogP contribution in [0.4, 0.5) is 5.69 Å². The molecular formula is C22H21N3O5S2. The quantitative estimate of drug-likeness (QED) is 0.383. The lowest BCUT2D eigenvalue weighted by Gasteiger charge is -2.19. The number of anilines is 1. The number of nitrogens with zero attached hydrogens (tertiary/aromatic N) is 2. The predicted molar refractivity (Wildman–Crippen MR) is 123 cm³/mol. The van der Waals surface area contributed by atoms with Gasteiger partial charge >= 0.3 is 0 Å². The highest BCUT2D eigenvalue weighted by atomic mass is 32.2. The molecule has 4 rings (SSSR count). The van der Waals surface area contributed by atoms with Gasteiger partial charge < -0.3 is 14.8 Å². The Morgan fingerprint density at radius 1 is 1.12 bits per heavy atom. The topological polar surface area (TPSA) is 113 Å². The van der Waals surface area contributed by atoms with Gasteiger partial charge in [-0.05, 0) is 42.5 Å². The van der Waals surface area contributed by atoms with E-state index < -0.39 is 15.9 Å². The zero-order valence-electron chi connectivity index (χ0n) is 17.4. The van der Waals surface area contributed by atoms with Crippen LogP contribution in [0.1, 0.15) is 24.4 Å². The van der Waals surface area contributed by atoms with Gasteiger partial charge in [-0.2, -0.15) is 4.31 Å². The molecule has 2 aromatic carbocycles. The van der Waals surface area contributed by atoms with Crippen LogP contribution in [0, 0.1) is 0 Å². The summed E-state index contributed by atoms with van der Waals surface area (Å²) in [4.78, 5) is 17.2. The van der Waals surface area contributed by atoms with E-state index in [9.17, 15) is 18.3 Å². The van der Waals surface area contributed by atoms with Gasteiger partial charge in [0.2, 0.25) is 10.0 Å². The molecule has 0 aliphatic rings. The zero-order chi connectivity index (χ0) is 22.9. The second kappa shape index (κ2) is 8.73. The van der Waals surface area contributed by atoms with Gasteiger partial charge in [-0.15, -0.1) is 11.3 Å². The summed E-state index contributed by atoms with van der Waals surface area (Å²) >= 11 is 1.45. The number of benzene rings is 2. The average Bonchev–Trinajstić information content (AvgIpc) is 3.43. The molecule has 2 N–H and O–H groups in total. The van der Waals surface area contributed by atoms with Crippen LogP contribution in [0.15, 0.2) is 63.9 Å². The summed E-state index contributed by atoms with van der Waals surface area (Å²) in [5.41, 5.74) is 0.812. The molecule has 0 spiro atoms. The maximum Gasteiger partial charge on any atom is 0.291 e. The molecule has 0 atom stereocenters. The van der Waals surface area contributed by atoms with Crippen LogP contribution in [0.25, 0.3) is 21.0 Å². The molecule has 32 heavy (non-hydrogen) atoms. The lowest BCUT2D eigenvalue weighted by atomic mass is 10.3. The summed E-state index contributed by atoms with van der Waals surface area (Å²) < 4.78 is 33.5. The molecule has 4 aromatic rings. The highest BCUT2D eigenvalue weighted by Crippen LogP contribution is 2.32. The Kier molecular flexibility index (Phi) is 6.00. The van der Waals surface area contributed by atoms with Crippen molar-refractivity contribution in [1.82, 2.24) is 9.29 Å². The number of para-hydroxylation sites is 1. The molecule has 0 fully saturated rings. The summed E-state index contributed by atoms with van der Waals surface area (Å²) in [7, 11) is -3.75. The number of carbonyl (C=O) groups is 1. The first-order chi connectivity index (χ1) is 15.3. The fourth-order valence-electron chi connectivity index (χ4n) is 3.22. The van der Waals surface area contributed by atoms with E-state index in [-0.39, 0.29) is 22.1 Å². The van der Waals surface area contributed by atoms with Crippen molar-refractivity contribution < 1.29 is 22.7 Å². The first-order valence-corrected chi connectivity index (χ1v) is 12.2. The van der Waals surface area contributed by atoms with E-state index in [1.54, 1.807) is 19.9 Å². The number of sulfonamides is 1. The maximum atomic E-state index is 12.8. The third kappa shape index (κ3) is 4.12. The van der Waals surface area contributed by atoms with E-state index in [1.807, 2.05) is 24.3 Å². The lowest BCUT2D eigenvalue weighted by molar-refractivity contribution is 0.0997. The van der Waals surface area contributed by atoms with E-state index in [0.29, 0.717) is 23.9 Å². The molecule has 0 saturated heterocycles. The number of furan rings is 1. The number of fused-ring (bicyclic) bond motifs is 1. The van der Waals surface area contributed by atoms with Crippen molar-refractivity contribution in [2.45, 2.75) is 18.7 Å². The van der Waals surface area contributed by atoms with Crippen molar-refractivity contribution in [1.29, 1.82) is 0 Å². The Hall–Kier alpha value is -3.21. The third-order valence-electron chi connectivity index (χ3n) is 4.89. The average molecular weight is 472 g/mol. The highest BCUT2D eigenvalue weighted by Gasteiger charge is 2.23. The summed E-state index contributed by atoms with van der Waals surface area (Å²) in [6.45, 7) is 4.10. The minimum absolute atomic E-state index is 0.00987. The number of hydrogen-bond donors (Lipinski definition) is 2. The smallest absolute Gasteiger partial charge is 0.291 e. The number of phenols is 1. The van der Waals surface area contributed by atoms with Crippen LogP contribution >= 0.6 is 11.3 Å². The molecule has 2 heterocycles. The Balaban J connectivity index is 1.58. The minimum Gasteiger partial charge on any atom is -0.506 e. The van der Waals surface area contributed by atoms with Gasteiger partial charge in [-0.1, -0.05) is 26.0 Å². The van der Waals surface area contributed by atoms with Gasteiger partial charge in [0.05, 0.1) is 20.8 Å². The van der Waals surface area contributed by atoms with E-state index in [2.05, 4.69) is 10.3 Å². The second-order valence-electron chi connectivity index (χ2n) is 6.87. The van der Waals surface area contributed by atoms with E-state index in [0.717, 1.165) is 10.2 Å². The number of thiazole rings is 1. The minimum atomic E-state index is -3.75. The first kappa shape index (κ1) is 22.0. The van der Waals surface area contributed by atoms with Crippen molar-refractivity contribution in [3.05, 3.63) is 60.4 Å². The van der Waals surface area contributed by atoms with Crippen LogP contribution in [0.2, 0.25) is 0 Å². The molecule has 8 nitrogen and oxygen atoms in total. The van der Waals surface area contributed by atoms with Crippen molar-refractivity contribution >= 4 is 43.2 Å². The van der Waals surface area contributed by atoms with Gasteiger partial charge in [0.1, 0.15) is 5.75 Å². The van der Waals surface area contributed by atoms with E-state index >= 15 is 0 Å². The summed E-state index contributed by atoms with van der Waals surface area (Å²) in [6, 6.07) is 14.6. The standard InChI is InChI=1S/C22H21N3O5S2/c1-3-25(4-2)32(28,29)14-9-10-17(26)16(13-14)23-21(27)18-11-12-19(30-18)22-24-15-7-5-6-8-20(15)31-22/h5-13,26H,3-4H2,1-2H3,(H,23,27). The molecule has 0 aliphatic heterocycles. The molecule has 0 bridgehead atoms. The molecular weight excluding hydrogens is 450 g/mol. The van der Waals surface area contributed by atoms with Crippen molar-refractivity contribution in [2.24, 2.45) is 0 Å².